The van der Waals surface area contributed by atoms with Gasteiger partial charge in [0, 0.05) is 43.2 Å². The molecule has 2 aliphatic rings. The Bertz CT molecular complexity index is 456. The van der Waals surface area contributed by atoms with Crippen molar-refractivity contribution >= 4 is 11.3 Å². The van der Waals surface area contributed by atoms with E-state index < -0.39 is 0 Å². The van der Waals surface area contributed by atoms with E-state index in [0.717, 1.165) is 44.9 Å². The summed E-state index contributed by atoms with van der Waals surface area (Å²) in [6.45, 7) is 4.19. The number of thiazole rings is 1. The van der Waals surface area contributed by atoms with Crippen molar-refractivity contribution in [2.24, 2.45) is 0 Å². The molecule has 0 bridgehead atoms. The van der Waals surface area contributed by atoms with Crippen molar-refractivity contribution in [3.05, 3.63) is 16.1 Å². The predicted molar refractivity (Wildman–Crippen MR) is 88.3 cm³/mol. The minimum Gasteiger partial charge on any atom is -0.389 e. The molecule has 2 fully saturated rings. The molecule has 1 saturated carbocycles. The highest BCUT2D eigenvalue weighted by atomic mass is 32.1. The summed E-state index contributed by atoms with van der Waals surface area (Å²) < 4.78 is 4.98. The topological polar surface area (TPSA) is 57.6 Å². The second-order valence-corrected chi connectivity index (χ2v) is 7.65. The molecule has 0 spiro atoms. The summed E-state index contributed by atoms with van der Waals surface area (Å²) in [7, 11) is 1.63. The normalized spacial score (nSPS) is 22.1. The van der Waals surface area contributed by atoms with Crippen LogP contribution in [0.25, 0.3) is 0 Å². The van der Waals surface area contributed by atoms with Gasteiger partial charge in [-0.05, 0) is 38.8 Å². The average Bonchev–Trinajstić information content (AvgIpc) is 3.26. The molecule has 124 valence electrons. The number of piperidine rings is 1. The first kappa shape index (κ1) is 16.3. The SMILES string of the molecule is COCC(O)CN1CCC(NCc2cnc(C3CC3)s2)CC1. The largest absolute Gasteiger partial charge is 0.389 e. The highest BCUT2D eigenvalue weighted by Crippen LogP contribution is 2.41. The van der Waals surface area contributed by atoms with Crippen LogP contribution in [0.5, 0.6) is 0 Å². The summed E-state index contributed by atoms with van der Waals surface area (Å²) in [5.41, 5.74) is 0. The molecule has 1 unspecified atom stereocenters. The summed E-state index contributed by atoms with van der Waals surface area (Å²) in [5.74, 6) is 0.764. The van der Waals surface area contributed by atoms with Gasteiger partial charge in [0.25, 0.3) is 0 Å². The van der Waals surface area contributed by atoms with Gasteiger partial charge in [0.05, 0.1) is 17.7 Å². The van der Waals surface area contributed by atoms with Crippen molar-refractivity contribution in [2.75, 3.05) is 33.4 Å². The molecule has 0 aromatic carbocycles. The van der Waals surface area contributed by atoms with Crippen molar-refractivity contribution in [2.45, 2.75) is 50.3 Å². The van der Waals surface area contributed by atoms with Gasteiger partial charge in [-0.25, -0.2) is 4.98 Å². The van der Waals surface area contributed by atoms with Gasteiger partial charge in [0.1, 0.15) is 0 Å². The first-order valence-corrected chi connectivity index (χ1v) is 9.13. The zero-order valence-corrected chi connectivity index (χ0v) is 14.1. The molecule has 1 aromatic heterocycles. The fourth-order valence-electron chi connectivity index (χ4n) is 3.03. The summed E-state index contributed by atoms with van der Waals surface area (Å²) >= 11 is 1.88. The van der Waals surface area contributed by atoms with Crippen LogP contribution in [-0.4, -0.2) is 60.5 Å². The number of rotatable bonds is 8. The van der Waals surface area contributed by atoms with E-state index in [2.05, 4.69) is 15.2 Å². The molecular weight excluding hydrogens is 298 g/mol. The molecule has 0 amide bonds. The third-order valence-corrected chi connectivity index (χ3v) is 5.64. The van der Waals surface area contributed by atoms with E-state index in [1.165, 1.54) is 22.7 Å². The van der Waals surface area contributed by atoms with Crippen molar-refractivity contribution in [3.8, 4) is 0 Å². The third kappa shape index (κ3) is 4.73. The number of hydrogen-bond acceptors (Lipinski definition) is 6. The lowest BCUT2D eigenvalue weighted by atomic mass is 10.0. The smallest absolute Gasteiger partial charge is 0.0959 e. The lowest BCUT2D eigenvalue weighted by molar-refractivity contribution is 0.0310. The van der Waals surface area contributed by atoms with Gasteiger partial charge in [0.2, 0.25) is 0 Å². The number of aromatic nitrogens is 1. The van der Waals surface area contributed by atoms with Crippen LogP contribution in [0.1, 0.15) is 41.5 Å². The van der Waals surface area contributed by atoms with E-state index in [9.17, 15) is 5.11 Å². The zero-order valence-electron chi connectivity index (χ0n) is 13.3. The monoisotopic (exact) mass is 325 g/mol. The van der Waals surface area contributed by atoms with Crippen molar-refractivity contribution in [1.29, 1.82) is 0 Å². The van der Waals surface area contributed by atoms with Crippen LogP contribution < -0.4 is 5.32 Å². The first-order chi connectivity index (χ1) is 10.7. The van der Waals surface area contributed by atoms with Gasteiger partial charge in [-0.1, -0.05) is 0 Å². The summed E-state index contributed by atoms with van der Waals surface area (Å²) in [4.78, 5) is 8.23. The molecule has 22 heavy (non-hydrogen) atoms. The van der Waals surface area contributed by atoms with Crippen molar-refractivity contribution < 1.29 is 9.84 Å². The number of nitrogens with one attached hydrogen (secondary N) is 1. The van der Waals surface area contributed by atoms with Gasteiger partial charge < -0.3 is 20.1 Å². The Morgan fingerprint density at radius 2 is 2.18 bits per heavy atom. The van der Waals surface area contributed by atoms with Gasteiger partial charge in [0.15, 0.2) is 0 Å². The van der Waals surface area contributed by atoms with Gasteiger partial charge in [-0.15, -0.1) is 11.3 Å². The van der Waals surface area contributed by atoms with Gasteiger partial charge in [-0.2, -0.15) is 0 Å². The van der Waals surface area contributed by atoms with Crippen LogP contribution in [0, 0.1) is 0 Å². The minimum absolute atomic E-state index is 0.368. The molecule has 1 aliphatic heterocycles. The Morgan fingerprint density at radius 3 is 2.86 bits per heavy atom. The Labute approximate surface area is 136 Å². The Kier molecular flexibility index (Phi) is 5.82. The van der Waals surface area contributed by atoms with E-state index in [-0.39, 0.29) is 6.10 Å². The molecule has 2 N–H and O–H groups in total. The van der Waals surface area contributed by atoms with E-state index in [1.54, 1.807) is 7.11 Å². The number of likely N-dealkylation sites (tertiary alicyclic amines) is 1. The van der Waals surface area contributed by atoms with Crippen LogP contribution in [0.4, 0.5) is 0 Å². The van der Waals surface area contributed by atoms with E-state index in [1.807, 2.05) is 17.5 Å². The molecule has 2 heterocycles. The molecule has 3 rings (SSSR count). The molecule has 5 nitrogen and oxygen atoms in total. The summed E-state index contributed by atoms with van der Waals surface area (Å²) in [6, 6.07) is 0.585. The van der Waals surface area contributed by atoms with Crippen LogP contribution in [-0.2, 0) is 11.3 Å². The molecule has 1 saturated heterocycles. The van der Waals surface area contributed by atoms with Crippen LogP contribution in [0.15, 0.2) is 6.20 Å². The van der Waals surface area contributed by atoms with Crippen molar-refractivity contribution in [3.63, 3.8) is 0 Å². The van der Waals surface area contributed by atoms with Gasteiger partial charge >= 0.3 is 0 Å². The molecule has 1 aromatic rings. The Balaban J connectivity index is 1.34. The number of aliphatic hydroxyl groups excluding tert-OH is 1. The molecular formula is C16H27N3O2S. The fourth-order valence-corrected chi connectivity index (χ4v) is 4.07. The van der Waals surface area contributed by atoms with Gasteiger partial charge in [-0.3, -0.25) is 0 Å². The predicted octanol–water partition coefficient (Wildman–Crippen LogP) is 1.58. The van der Waals surface area contributed by atoms with Crippen LogP contribution in [0.2, 0.25) is 0 Å². The van der Waals surface area contributed by atoms with Crippen LogP contribution in [0.3, 0.4) is 0 Å². The number of β-amino-alcohol motifs (C(OH)–C–C–N with tert-alkyl or cyclic N) is 1. The van der Waals surface area contributed by atoms with E-state index >= 15 is 0 Å². The van der Waals surface area contributed by atoms with Crippen molar-refractivity contribution in [1.82, 2.24) is 15.2 Å². The highest BCUT2D eigenvalue weighted by Gasteiger charge is 2.26. The molecule has 6 heteroatoms. The fraction of sp³-hybridized carbons (Fsp3) is 0.812. The second-order valence-electron chi connectivity index (χ2n) is 6.50. The molecule has 1 aliphatic carbocycles. The lowest BCUT2D eigenvalue weighted by Crippen LogP contribution is -2.45. The number of ether oxygens (including phenoxy) is 1. The van der Waals surface area contributed by atoms with Crippen LogP contribution >= 0.6 is 11.3 Å². The standard InChI is InChI=1S/C16H27N3O2S/c1-21-11-14(20)10-19-6-4-13(5-7-19)17-8-15-9-18-16(22-15)12-2-3-12/h9,12-14,17,20H,2-8,10-11H2,1H3. The zero-order chi connectivity index (χ0) is 15.4. The summed E-state index contributed by atoms with van der Waals surface area (Å²) in [6.07, 6.45) is 6.62. The van der Waals surface area contributed by atoms with E-state index in [0.29, 0.717) is 12.6 Å². The van der Waals surface area contributed by atoms with E-state index in [4.69, 9.17) is 4.74 Å². The molecule has 0 radical (unpaired) electrons. The Morgan fingerprint density at radius 1 is 1.41 bits per heavy atom. The second kappa shape index (κ2) is 7.84. The number of hydrogen-bond donors (Lipinski definition) is 2. The third-order valence-electron chi connectivity index (χ3n) is 4.48. The quantitative estimate of drug-likeness (QED) is 0.760. The molecule has 1 atom stereocenters. The summed E-state index contributed by atoms with van der Waals surface area (Å²) in [5, 5.41) is 14.8. The maximum Gasteiger partial charge on any atom is 0.0959 e. The maximum atomic E-state index is 9.78. The number of aliphatic hydroxyl groups is 1. The maximum absolute atomic E-state index is 9.78. The highest BCUT2D eigenvalue weighted by molar-refractivity contribution is 7.11. The Hall–Kier alpha value is -0.530. The number of nitrogens with zero attached hydrogens (tertiary/aromatic N) is 2. The first-order valence-electron chi connectivity index (χ1n) is 8.32. The average molecular weight is 325 g/mol. The lowest BCUT2D eigenvalue weighted by Gasteiger charge is -2.33. The minimum atomic E-state index is -0.368. The number of methoxy groups -OCH3 is 1.